The summed E-state index contributed by atoms with van der Waals surface area (Å²) in [5, 5.41) is 14.6. The summed E-state index contributed by atoms with van der Waals surface area (Å²) in [5.41, 5.74) is 3.62. The number of rotatable bonds is 3. The molecule has 0 unspecified atom stereocenters. The summed E-state index contributed by atoms with van der Waals surface area (Å²) in [5.74, 6) is 1.02. The van der Waals surface area contributed by atoms with Gasteiger partial charge in [0.05, 0.1) is 0 Å². The first-order chi connectivity index (χ1) is 11.0. The van der Waals surface area contributed by atoms with Gasteiger partial charge in [0.1, 0.15) is 0 Å². The molecule has 0 aliphatic carbocycles. The molecule has 3 rings (SSSR count). The number of nitrogens with one attached hydrogen (secondary N) is 1. The molecular weight excluding hydrogens is 325 g/mol. The Kier molecular flexibility index (Phi) is 4.83. The molecule has 0 atom stereocenters. The van der Waals surface area contributed by atoms with Crippen molar-refractivity contribution < 1.29 is 17.0 Å². The monoisotopic (exact) mass is 348 g/mol. The maximum absolute atomic E-state index is 4.52. The number of anilines is 1. The SMILES string of the molecule is CN[C](=[V])N1CCN(c2nnc(C)c3cc(C)c(C)cc23)CC1. The van der Waals surface area contributed by atoms with Gasteiger partial charge in [0.15, 0.2) is 0 Å². The average molecular weight is 348 g/mol. The fraction of sp³-hybridized carbons (Fsp3) is 0.471. The van der Waals surface area contributed by atoms with Crippen molar-refractivity contribution in [3.63, 3.8) is 0 Å². The van der Waals surface area contributed by atoms with Gasteiger partial charge < -0.3 is 0 Å². The Morgan fingerprint density at radius 2 is 1.61 bits per heavy atom. The van der Waals surface area contributed by atoms with E-state index in [0.717, 1.165) is 37.7 Å². The molecule has 0 amide bonds. The number of aryl methyl sites for hydroxylation is 3. The maximum atomic E-state index is 4.52. The summed E-state index contributed by atoms with van der Waals surface area (Å²) in [6.07, 6.45) is 0. The molecule has 1 aromatic heterocycles. The molecule has 2 heterocycles. The number of nitrogens with zero attached hydrogens (tertiary/aromatic N) is 4. The third-order valence-corrected chi connectivity index (χ3v) is 5.45. The van der Waals surface area contributed by atoms with Crippen LogP contribution in [0.2, 0.25) is 0 Å². The van der Waals surface area contributed by atoms with Crippen LogP contribution in [0.15, 0.2) is 12.1 Å². The van der Waals surface area contributed by atoms with Gasteiger partial charge in [-0.25, -0.2) is 0 Å². The second-order valence-corrected chi connectivity index (χ2v) is 6.80. The van der Waals surface area contributed by atoms with Crippen LogP contribution >= 0.6 is 0 Å². The molecule has 1 saturated heterocycles. The molecule has 0 radical (unpaired) electrons. The van der Waals surface area contributed by atoms with Crippen LogP contribution in [0.5, 0.6) is 0 Å². The molecule has 1 aliphatic rings. The predicted molar refractivity (Wildman–Crippen MR) is 91.6 cm³/mol. The molecule has 0 spiro atoms. The average Bonchev–Trinajstić information content (AvgIpc) is 2.56. The van der Waals surface area contributed by atoms with E-state index >= 15 is 0 Å². The first-order valence-corrected chi connectivity index (χ1v) is 8.69. The fourth-order valence-electron chi connectivity index (χ4n) is 3.05. The van der Waals surface area contributed by atoms with Gasteiger partial charge in [-0.05, 0) is 0 Å². The first-order valence-electron chi connectivity index (χ1n) is 7.99. The Hall–Kier alpha value is -1.27. The Labute approximate surface area is 146 Å². The standard InChI is InChI=1S/C17H23N5.V/c1-12-9-15-14(3)19-20-17(16(15)10-13(12)2)22-7-5-21(6-8-22)11-18-4;/h9-10,18H,5-8H2,1-4H3;. The molecule has 2 aromatic rings. The number of fused-ring (bicyclic) bond motifs is 1. The van der Waals surface area contributed by atoms with Gasteiger partial charge in [0.2, 0.25) is 0 Å². The van der Waals surface area contributed by atoms with Gasteiger partial charge in [0.25, 0.3) is 0 Å². The summed E-state index contributed by atoms with van der Waals surface area (Å²) in [4.78, 5) is 4.71. The van der Waals surface area contributed by atoms with Crippen LogP contribution in [-0.4, -0.2) is 52.8 Å². The molecule has 1 N–H and O–H groups in total. The third kappa shape index (κ3) is 3.19. The molecule has 23 heavy (non-hydrogen) atoms. The van der Waals surface area contributed by atoms with Gasteiger partial charge in [-0.15, -0.1) is 0 Å². The zero-order valence-corrected chi connectivity index (χ0v) is 15.6. The quantitative estimate of drug-likeness (QED) is 0.911. The van der Waals surface area contributed by atoms with E-state index in [1.54, 1.807) is 0 Å². The fourth-order valence-corrected chi connectivity index (χ4v) is 3.36. The summed E-state index contributed by atoms with van der Waals surface area (Å²) >= 11 is 2.61. The van der Waals surface area contributed by atoms with Gasteiger partial charge in [-0.1, -0.05) is 0 Å². The van der Waals surface area contributed by atoms with E-state index in [2.05, 4.69) is 68.3 Å². The topological polar surface area (TPSA) is 44.3 Å². The summed E-state index contributed by atoms with van der Waals surface area (Å²) < 4.78 is 1.17. The van der Waals surface area contributed by atoms with Crippen molar-refractivity contribution in [3.8, 4) is 0 Å². The summed E-state index contributed by atoms with van der Waals surface area (Å²) in [6.45, 7) is 10.3. The van der Waals surface area contributed by atoms with Crippen LogP contribution in [0.4, 0.5) is 5.82 Å². The van der Waals surface area contributed by atoms with Crippen molar-refractivity contribution in [3.05, 3.63) is 29.0 Å². The van der Waals surface area contributed by atoms with Gasteiger partial charge in [-0.3, -0.25) is 0 Å². The van der Waals surface area contributed by atoms with Gasteiger partial charge >= 0.3 is 146 Å². The Bertz CT molecular complexity index is 750. The second kappa shape index (κ2) is 6.69. The Morgan fingerprint density at radius 3 is 2.22 bits per heavy atom. The molecule has 0 bridgehead atoms. The second-order valence-electron chi connectivity index (χ2n) is 6.14. The number of aromatic nitrogens is 2. The van der Waals surface area contributed by atoms with Crippen molar-refractivity contribution in [2.45, 2.75) is 20.8 Å². The first kappa shape index (κ1) is 16.6. The summed E-state index contributed by atoms with van der Waals surface area (Å²) in [7, 11) is 1.96. The molecule has 6 heteroatoms. The Morgan fingerprint density at radius 1 is 1.00 bits per heavy atom. The van der Waals surface area contributed by atoms with E-state index in [0.29, 0.717) is 0 Å². The van der Waals surface area contributed by atoms with Crippen molar-refractivity contribution in [1.82, 2.24) is 20.4 Å². The zero-order valence-electron chi connectivity index (χ0n) is 14.2. The van der Waals surface area contributed by atoms with Crippen molar-refractivity contribution in [2.24, 2.45) is 0 Å². The normalized spacial score (nSPS) is 16.0. The molecular formula is C17H23N5V. The minimum absolute atomic E-state index is 0.961. The van der Waals surface area contributed by atoms with Gasteiger partial charge in [0, 0.05) is 0 Å². The van der Waals surface area contributed by atoms with E-state index in [9.17, 15) is 0 Å². The molecule has 1 fully saturated rings. The van der Waals surface area contributed by atoms with E-state index < -0.39 is 0 Å². The minimum atomic E-state index is 0.961. The summed E-state index contributed by atoms with van der Waals surface area (Å²) in [6, 6.07) is 4.50. The molecule has 0 saturated carbocycles. The number of hydrogen-bond acceptors (Lipinski definition) is 5. The molecule has 1 aliphatic heterocycles. The molecule has 121 valence electrons. The van der Waals surface area contributed by atoms with Crippen molar-refractivity contribution >= 4 is 21.1 Å². The number of piperazine rings is 1. The van der Waals surface area contributed by atoms with Crippen LogP contribution in [0, 0.1) is 20.8 Å². The zero-order chi connectivity index (χ0) is 16.6. The van der Waals surface area contributed by atoms with Crippen LogP contribution in [0.1, 0.15) is 16.8 Å². The van der Waals surface area contributed by atoms with Crippen LogP contribution < -0.4 is 10.2 Å². The molecule has 1 aromatic carbocycles. The van der Waals surface area contributed by atoms with Crippen LogP contribution in [-0.2, 0) is 17.0 Å². The third-order valence-electron chi connectivity index (χ3n) is 4.66. The van der Waals surface area contributed by atoms with Crippen molar-refractivity contribution in [2.75, 3.05) is 38.1 Å². The van der Waals surface area contributed by atoms with Crippen LogP contribution in [0.3, 0.4) is 0 Å². The number of hydrogen-bond donors (Lipinski definition) is 1. The van der Waals surface area contributed by atoms with E-state index in [1.165, 1.54) is 26.4 Å². The Balaban J connectivity index is 1.94. The van der Waals surface area contributed by atoms with Crippen molar-refractivity contribution in [1.29, 1.82) is 0 Å². The van der Waals surface area contributed by atoms with E-state index in [-0.39, 0.29) is 0 Å². The molecule has 5 nitrogen and oxygen atoms in total. The van der Waals surface area contributed by atoms with Crippen LogP contribution in [0.25, 0.3) is 10.8 Å². The predicted octanol–water partition coefficient (Wildman–Crippen LogP) is 1.53. The number of benzene rings is 1. The van der Waals surface area contributed by atoms with E-state index in [4.69, 9.17) is 0 Å². The van der Waals surface area contributed by atoms with Gasteiger partial charge in [-0.2, -0.15) is 0 Å². The van der Waals surface area contributed by atoms with E-state index in [1.807, 2.05) is 14.0 Å².